The molecule has 0 aliphatic heterocycles. The molecule has 0 heterocycles. The van der Waals surface area contributed by atoms with E-state index in [1.165, 1.54) is 18.2 Å². The highest BCUT2D eigenvalue weighted by Gasteiger charge is 2.39. The molecule has 0 amide bonds. The number of halogens is 3. The monoisotopic (exact) mass is 245 g/mol. The van der Waals surface area contributed by atoms with Crippen molar-refractivity contribution in [3.05, 3.63) is 35.4 Å². The molecule has 1 aromatic carbocycles. The van der Waals surface area contributed by atoms with Gasteiger partial charge in [-0.05, 0) is 11.6 Å². The summed E-state index contributed by atoms with van der Waals surface area (Å²) in [6.07, 6.45) is -6.14. The SMILES string of the molecule is NCc1cccc(C(=O)CC(=O)C(F)(F)F)c1. The van der Waals surface area contributed by atoms with Crippen LogP contribution in [-0.2, 0) is 11.3 Å². The minimum absolute atomic E-state index is 0.0607. The summed E-state index contributed by atoms with van der Waals surface area (Å²) in [7, 11) is 0. The average molecular weight is 245 g/mol. The van der Waals surface area contributed by atoms with Crippen molar-refractivity contribution >= 4 is 11.6 Å². The molecule has 0 saturated heterocycles. The maximum Gasteiger partial charge on any atom is 0.450 e. The van der Waals surface area contributed by atoms with Gasteiger partial charge in [0, 0.05) is 12.1 Å². The molecule has 0 aliphatic carbocycles. The predicted molar refractivity (Wildman–Crippen MR) is 54.3 cm³/mol. The first kappa shape index (κ1) is 13.4. The molecular weight excluding hydrogens is 235 g/mol. The van der Waals surface area contributed by atoms with Gasteiger partial charge in [-0.15, -0.1) is 0 Å². The van der Waals surface area contributed by atoms with E-state index in [4.69, 9.17) is 5.73 Å². The number of ketones is 2. The summed E-state index contributed by atoms with van der Waals surface area (Å²) in [4.78, 5) is 22.0. The summed E-state index contributed by atoms with van der Waals surface area (Å²) in [6.45, 7) is 0.175. The van der Waals surface area contributed by atoms with Gasteiger partial charge in [-0.3, -0.25) is 9.59 Å². The van der Waals surface area contributed by atoms with Crippen molar-refractivity contribution in [1.29, 1.82) is 0 Å². The number of carbonyl (C=O) groups is 2. The average Bonchev–Trinajstić information content (AvgIpc) is 2.27. The van der Waals surface area contributed by atoms with Crippen molar-refractivity contribution < 1.29 is 22.8 Å². The molecule has 0 spiro atoms. The lowest BCUT2D eigenvalue weighted by atomic mass is 10.0. The van der Waals surface area contributed by atoms with Gasteiger partial charge >= 0.3 is 6.18 Å². The Morgan fingerprint density at radius 2 is 1.88 bits per heavy atom. The van der Waals surface area contributed by atoms with E-state index in [1.807, 2.05) is 0 Å². The Hall–Kier alpha value is -1.69. The van der Waals surface area contributed by atoms with Gasteiger partial charge in [0.2, 0.25) is 5.78 Å². The molecule has 1 aromatic rings. The molecule has 0 radical (unpaired) electrons. The number of alkyl halides is 3. The highest BCUT2D eigenvalue weighted by atomic mass is 19.4. The zero-order valence-corrected chi connectivity index (χ0v) is 8.75. The third-order valence-corrected chi connectivity index (χ3v) is 2.12. The van der Waals surface area contributed by atoms with Crippen LogP contribution in [0, 0.1) is 0 Å². The maximum atomic E-state index is 11.9. The van der Waals surface area contributed by atoms with Crippen LogP contribution in [0.1, 0.15) is 22.3 Å². The quantitative estimate of drug-likeness (QED) is 0.650. The molecule has 0 unspecified atom stereocenters. The number of nitrogens with two attached hydrogens (primary N) is 1. The van der Waals surface area contributed by atoms with Crippen molar-refractivity contribution in [2.75, 3.05) is 0 Å². The largest absolute Gasteiger partial charge is 0.450 e. The van der Waals surface area contributed by atoms with Crippen molar-refractivity contribution in [2.45, 2.75) is 19.1 Å². The first-order valence-electron chi connectivity index (χ1n) is 4.77. The molecule has 92 valence electrons. The van der Waals surface area contributed by atoms with Crippen LogP contribution in [0.15, 0.2) is 24.3 Å². The lowest BCUT2D eigenvalue weighted by Crippen LogP contribution is -2.25. The van der Waals surface area contributed by atoms with E-state index in [0.29, 0.717) is 5.56 Å². The summed E-state index contributed by atoms with van der Waals surface area (Å²) in [5.41, 5.74) is 6.01. The van der Waals surface area contributed by atoms with Crippen LogP contribution in [0.4, 0.5) is 13.2 Å². The molecule has 17 heavy (non-hydrogen) atoms. The van der Waals surface area contributed by atoms with Crippen molar-refractivity contribution in [1.82, 2.24) is 0 Å². The van der Waals surface area contributed by atoms with Crippen LogP contribution < -0.4 is 5.73 Å². The van der Waals surface area contributed by atoms with Gasteiger partial charge in [-0.25, -0.2) is 0 Å². The van der Waals surface area contributed by atoms with Crippen LogP contribution in [0.25, 0.3) is 0 Å². The van der Waals surface area contributed by atoms with Gasteiger partial charge in [-0.2, -0.15) is 13.2 Å². The van der Waals surface area contributed by atoms with Gasteiger partial charge in [-0.1, -0.05) is 18.2 Å². The van der Waals surface area contributed by atoms with E-state index in [9.17, 15) is 22.8 Å². The Labute approximate surface area is 95.4 Å². The van der Waals surface area contributed by atoms with Gasteiger partial charge in [0.25, 0.3) is 0 Å². The molecule has 0 atom stereocenters. The van der Waals surface area contributed by atoms with Crippen molar-refractivity contribution in [3.63, 3.8) is 0 Å². The molecule has 0 aliphatic rings. The summed E-state index contributed by atoms with van der Waals surface area (Å²) in [5.74, 6) is -2.90. The van der Waals surface area contributed by atoms with E-state index >= 15 is 0 Å². The number of carbonyl (C=O) groups excluding carboxylic acids is 2. The first-order chi connectivity index (χ1) is 7.84. The first-order valence-corrected chi connectivity index (χ1v) is 4.77. The Morgan fingerprint density at radius 3 is 2.41 bits per heavy atom. The second-order valence-corrected chi connectivity index (χ2v) is 3.43. The van der Waals surface area contributed by atoms with E-state index in [1.54, 1.807) is 6.07 Å². The van der Waals surface area contributed by atoms with Crippen LogP contribution in [-0.4, -0.2) is 17.7 Å². The zero-order valence-electron chi connectivity index (χ0n) is 8.75. The highest BCUT2D eigenvalue weighted by molar-refractivity contribution is 6.09. The summed E-state index contributed by atoms with van der Waals surface area (Å²) in [6, 6.07) is 5.88. The smallest absolute Gasteiger partial charge is 0.326 e. The second-order valence-electron chi connectivity index (χ2n) is 3.43. The Kier molecular flexibility index (Phi) is 4.01. The van der Waals surface area contributed by atoms with Gasteiger partial charge in [0.15, 0.2) is 5.78 Å². The summed E-state index contributed by atoms with van der Waals surface area (Å²) in [5, 5.41) is 0. The summed E-state index contributed by atoms with van der Waals surface area (Å²) < 4.78 is 35.8. The summed E-state index contributed by atoms with van der Waals surface area (Å²) >= 11 is 0. The molecular formula is C11H10F3NO2. The number of benzene rings is 1. The zero-order chi connectivity index (χ0) is 13.1. The Morgan fingerprint density at radius 1 is 1.24 bits per heavy atom. The third kappa shape index (κ3) is 3.67. The van der Waals surface area contributed by atoms with Crippen LogP contribution in [0.3, 0.4) is 0 Å². The lowest BCUT2D eigenvalue weighted by Gasteiger charge is -2.05. The predicted octanol–water partition coefficient (Wildman–Crippen LogP) is 1.85. The highest BCUT2D eigenvalue weighted by Crippen LogP contribution is 2.19. The van der Waals surface area contributed by atoms with E-state index in [-0.39, 0.29) is 12.1 Å². The third-order valence-electron chi connectivity index (χ3n) is 2.12. The molecule has 3 nitrogen and oxygen atoms in total. The lowest BCUT2D eigenvalue weighted by molar-refractivity contribution is -0.170. The minimum Gasteiger partial charge on any atom is -0.326 e. The molecule has 2 N–H and O–H groups in total. The Bertz CT molecular complexity index is 441. The standard InChI is InChI=1S/C11H10F3NO2/c12-11(13,14)10(17)5-9(16)8-3-1-2-7(4-8)6-15/h1-4H,5-6,15H2. The molecule has 1 rings (SSSR count). The maximum absolute atomic E-state index is 11.9. The van der Waals surface area contributed by atoms with Gasteiger partial charge < -0.3 is 5.73 Å². The van der Waals surface area contributed by atoms with E-state index < -0.39 is 24.2 Å². The number of hydrogen-bond acceptors (Lipinski definition) is 3. The molecule has 0 fully saturated rings. The molecule has 0 saturated carbocycles. The number of hydrogen-bond donors (Lipinski definition) is 1. The second kappa shape index (κ2) is 5.09. The number of rotatable bonds is 4. The molecule has 0 aromatic heterocycles. The van der Waals surface area contributed by atoms with Crippen molar-refractivity contribution in [3.8, 4) is 0 Å². The van der Waals surface area contributed by atoms with Gasteiger partial charge in [0.1, 0.15) is 0 Å². The topological polar surface area (TPSA) is 60.2 Å². The van der Waals surface area contributed by atoms with Crippen molar-refractivity contribution in [2.24, 2.45) is 5.73 Å². The fourth-order valence-corrected chi connectivity index (χ4v) is 1.22. The minimum atomic E-state index is -4.97. The van der Waals surface area contributed by atoms with E-state index in [0.717, 1.165) is 0 Å². The normalized spacial score (nSPS) is 11.3. The fourth-order valence-electron chi connectivity index (χ4n) is 1.22. The van der Waals surface area contributed by atoms with Crippen LogP contribution in [0.5, 0.6) is 0 Å². The van der Waals surface area contributed by atoms with E-state index in [2.05, 4.69) is 0 Å². The van der Waals surface area contributed by atoms with Crippen LogP contribution in [0.2, 0.25) is 0 Å². The van der Waals surface area contributed by atoms with Crippen LogP contribution >= 0.6 is 0 Å². The molecule has 6 heteroatoms. The molecule has 0 bridgehead atoms. The Balaban J connectivity index is 2.80. The number of Topliss-reactive ketones (excluding diaryl/α,β-unsaturated/α-hetero) is 2. The van der Waals surface area contributed by atoms with Gasteiger partial charge in [0.05, 0.1) is 6.42 Å². The fraction of sp³-hybridized carbons (Fsp3) is 0.273.